The third kappa shape index (κ3) is 5.52. The maximum atomic E-state index is 12.9. The zero-order valence-corrected chi connectivity index (χ0v) is 20.4. The number of methoxy groups -OCH3 is 2. The number of nitrogens with one attached hydrogen (secondary N) is 1. The highest BCUT2D eigenvalue weighted by molar-refractivity contribution is 7.92. The maximum absolute atomic E-state index is 12.9. The number of hydrogen-bond donors (Lipinski definition) is 1. The second-order valence-electron chi connectivity index (χ2n) is 7.13. The van der Waals surface area contributed by atoms with Gasteiger partial charge in [-0.1, -0.05) is 18.2 Å². The van der Waals surface area contributed by atoms with Crippen LogP contribution in [0.25, 0.3) is 11.3 Å². The van der Waals surface area contributed by atoms with Gasteiger partial charge in [0, 0.05) is 29.1 Å². The van der Waals surface area contributed by atoms with Crippen LogP contribution in [0.3, 0.4) is 0 Å². The monoisotopic (exact) mass is 487 g/mol. The normalized spacial score (nSPS) is 11.0. The molecule has 0 spiro atoms. The van der Waals surface area contributed by atoms with E-state index >= 15 is 0 Å². The van der Waals surface area contributed by atoms with Crippen LogP contribution in [0.2, 0.25) is 0 Å². The van der Waals surface area contributed by atoms with E-state index in [0.29, 0.717) is 40.0 Å². The van der Waals surface area contributed by atoms with Gasteiger partial charge in [0.05, 0.1) is 31.9 Å². The summed E-state index contributed by atoms with van der Waals surface area (Å²) >= 11 is 1.29. The van der Waals surface area contributed by atoms with Gasteiger partial charge in [-0.15, -0.1) is 17.9 Å². The Bertz CT molecular complexity index is 1270. The molecule has 0 atom stereocenters. The largest absolute Gasteiger partial charge is 0.493 e. The molecule has 0 aliphatic rings. The third-order valence-corrected chi connectivity index (χ3v) is 6.89. The summed E-state index contributed by atoms with van der Waals surface area (Å²) in [4.78, 5) is 17.4. The molecule has 3 aromatic rings. The van der Waals surface area contributed by atoms with Crippen molar-refractivity contribution >= 4 is 38.1 Å². The standard InChI is InChI=1S/C23H25N3O5S2/c1-6-7-16-12-17(13-20(30-3)21(16)31-4)22(27)25-23-24-19(14-32-23)15-8-10-18(11-9-15)26(2)33(5,28)29/h6,8-14H,1,7H2,2-5H3,(H,24,25,27). The van der Waals surface area contributed by atoms with Crippen LogP contribution in [0.15, 0.2) is 54.4 Å². The van der Waals surface area contributed by atoms with Gasteiger partial charge < -0.3 is 9.47 Å². The SMILES string of the molecule is C=CCc1cc(C(=O)Nc2nc(-c3ccc(N(C)S(C)(=O)=O)cc3)cs2)cc(OC)c1OC. The van der Waals surface area contributed by atoms with Gasteiger partial charge in [0.2, 0.25) is 10.0 Å². The number of ether oxygens (including phenoxy) is 2. The Labute approximate surface area is 197 Å². The van der Waals surface area contributed by atoms with Crippen LogP contribution in [-0.2, 0) is 16.4 Å². The highest BCUT2D eigenvalue weighted by Gasteiger charge is 2.17. The summed E-state index contributed by atoms with van der Waals surface area (Å²) < 4.78 is 35.4. The predicted molar refractivity (Wildman–Crippen MR) is 132 cm³/mol. The van der Waals surface area contributed by atoms with Crippen LogP contribution in [0, 0.1) is 0 Å². The zero-order valence-electron chi connectivity index (χ0n) is 18.8. The molecule has 0 aliphatic heterocycles. The van der Waals surface area contributed by atoms with E-state index in [0.717, 1.165) is 17.4 Å². The molecular weight excluding hydrogens is 462 g/mol. The first kappa shape index (κ1) is 24.3. The first-order valence-corrected chi connectivity index (χ1v) is 12.6. The fourth-order valence-electron chi connectivity index (χ4n) is 3.15. The molecule has 3 rings (SSSR count). The number of amides is 1. The van der Waals surface area contributed by atoms with Gasteiger partial charge in [-0.2, -0.15) is 0 Å². The van der Waals surface area contributed by atoms with E-state index in [1.54, 1.807) is 49.6 Å². The minimum absolute atomic E-state index is 0.327. The van der Waals surface area contributed by atoms with Crippen LogP contribution in [-0.4, -0.2) is 46.8 Å². The van der Waals surface area contributed by atoms with Crippen molar-refractivity contribution in [3.05, 3.63) is 65.6 Å². The molecule has 174 valence electrons. The lowest BCUT2D eigenvalue weighted by Crippen LogP contribution is -2.24. The lowest BCUT2D eigenvalue weighted by Gasteiger charge is -2.16. The molecule has 33 heavy (non-hydrogen) atoms. The van der Waals surface area contributed by atoms with Crippen LogP contribution < -0.4 is 19.1 Å². The minimum Gasteiger partial charge on any atom is -0.493 e. The third-order valence-electron chi connectivity index (χ3n) is 4.93. The Morgan fingerprint density at radius 1 is 1.21 bits per heavy atom. The highest BCUT2D eigenvalue weighted by atomic mass is 32.2. The summed E-state index contributed by atoms with van der Waals surface area (Å²) in [5.41, 5.74) is 3.22. The van der Waals surface area contributed by atoms with Gasteiger partial charge in [-0.3, -0.25) is 14.4 Å². The number of nitrogens with zero attached hydrogens (tertiary/aromatic N) is 2. The van der Waals surface area contributed by atoms with Crippen LogP contribution in [0.4, 0.5) is 10.8 Å². The van der Waals surface area contributed by atoms with E-state index in [4.69, 9.17) is 9.47 Å². The summed E-state index contributed by atoms with van der Waals surface area (Å²) in [6.45, 7) is 3.75. The molecule has 2 aromatic carbocycles. The van der Waals surface area contributed by atoms with Crippen molar-refractivity contribution in [2.75, 3.05) is 37.1 Å². The van der Waals surface area contributed by atoms with Crippen LogP contribution in [0.5, 0.6) is 11.5 Å². The summed E-state index contributed by atoms with van der Waals surface area (Å²) in [6.07, 6.45) is 3.40. The lowest BCUT2D eigenvalue weighted by molar-refractivity contribution is 0.102. The molecule has 1 aromatic heterocycles. The van der Waals surface area contributed by atoms with E-state index in [1.165, 1.54) is 29.8 Å². The van der Waals surface area contributed by atoms with Crippen molar-refractivity contribution in [2.45, 2.75) is 6.42 Å². The number of hydrogen-bond acceptors (Lipinski definition) is 7. The van der Waals surface area contributed by atoms with Crippen molar-refractivity contribution in [1.82, 2.24) is 4.98 Å². The van der Waals surface area contributed by atoms with Crippen molar-refractivity contribution in [1.29, 1.82) is 0 Å². The number of thiazole rings is 1. The molecule has 0 radical (unpaired) electrons. The average Bonchev–Trinajstić information content (AvgIpc) is 3.26. The zero-order chi connectivity index (χ0) is 24.2. The molecule has 0 saturated carbocycles. The first-order chi connectivity index (χ1) is 15.7. The summed E-state index contributed by atoms with van der Waals surface area (Å²) in [5, 5.41) is 5.07. The quantitative estimate of drug-likeness (QED) is 0.454. The minimum atomic E-state index is -3.34. The van der Waals surface area contributed by atoms with E-state index in [9.17, 15) is 13.2 Å². The summed E-state index contributed by atoms with van der Waals surface area (Å²) in [7, 11) is 1.23. The summed E-state index contributed by atoms with van der Waals surface area (Å²) in [5.74, 6) is 0.698. The van der Waals surface area contributed by atoms with Crippen molar-refractivity contribution in [3.63, 3.8) is 0 Å². The average molecular weight is 488 g/mol. The van der Waals surface area contributed by atoms with Gasteiger partial charge >= 0.3 is 0 Å². The van der Waals surface area contributed by atoms with Gasteiger partial charge in [-0.25, -0.2) is 13.4 Å². The molecule has 1 amide bonds. The predicted octanol–water partition coefficient (Wildman–Crippen LogP) is 4.20. The number of rotatable bonds is 9. The molecule has 1 N–H and O–H groups in total. The molecule has 0 aliphatic carbocycles. The van der Waals surface area contributed by atoms with Crippen molar-refractivity contribution in [2.24, 2.45) is 0 Å². The van der Waals surface area contributed by atoms with E-state index in [1.807, 2.05) is 5.38 Å². The number of anilines is 2. The van der Waals surface area contributed by atoms with Gasteiger partial charge in [0.1, 0.15) is 0 Å². The molecule has 0 unspecified atom stereocenters. The van der Waals surface area contributed by atoms with E-state index in [-0.39, 0.29) is 5.91 Å². The lowest BCUT2D eigenvalue weighted by atomic mass is 10.1. The Balaban J connectivity index is 1.80. The van der Waals surface area contributed by atoms with E-state index < -0.39 is 10.0 Å². The smallest absolute Gasteiger partial charge is 0.257 e. The van der Waals surface area contributed by atoms with Gasteiger partial charge in [-0.05, 0) is 30.7 Å². The van der Waals surface area contributed by atoms with Crippen molar-refractivity contribution in [3.8, 4) is 22.8 Å². The maximum Gasteiger partial charge on any atom is 0.257 e. The molecular formula is C23H25N3O5S2. The van der Waals surface area contributed by atoms with Gasteiger partial charge in [0.15, 0.2) is 16.6 Å². The number of allylic oxidation sites excluding steroid dienone is 1. The number of carbonyl (C=O) groups is 1. The topological polar surface area (TPSA) is 97.8 Å². The Morgan fingerprint density at radius 3 is 2.48 bits per heavy atom. The fourth-order valence-corrected chi connectivity index (χ4v) is 4.37. The Hall–Kier alpha value is -3.37. The molecule has 0 fully saturated rings. The molecule has 0 saturated heterocycles. The second-order valence-corrected chi connectivity index (χ2v) is 10.0. The number of aromatic nitrogens is 1. The number of sulfonamides is 1. The molecule has 0 bridgehead atoms. The Kier molecular flexibility index (Phi) is 7.39. The number of carbonyl (C=O) groups excluding carboxylic acids is 1. The van der Waals surface area contributed by atoms with Crippen molar-refractivity contribution < 1.29 is 22.7 Å². The molecule has 1 heterocycles. The summed E-state index contributed by atoms with van der Waals surface area (Å²) in [6, 6.07) is 10.3. The fraction of sp³-hybridized carbons (Fsp3) is 0.217. The first-order valence-electron chi connectivity index (χ1n) is 9.85. The van der Waals surface area contributed by atoms with Crippen LogP contribution >= 0.6 is 11.3 Å². The van der Waals surface area contributed by atoms with E-state index in [2.05, 4.69) is 16.9 Å². The van der Waals surface area contributed by atoms with Crippen LogP contribution in [0.1, 0.15) is 15.9 Å². The Morgan fingerprint density at radius 2 is 1.91 bits per heavy atom. The highest BCUT2D eigenvalue weighted by Crippen LogP contribution is 2.34. The number of benzene rings is 2. The molecule has 8 nitrogen and oxygen atoms in total. The second kappa shape index (κ2) is 10.1. The molecule has 10 heteroatoms. The van der Waals surface area contributed by atoms with Gasteiger partial charge in [0.25, 0.3) is 5.91 Å².